The van der Waals surface area contributed by atoms with Crippen molar-refractivity contribution in [2.75, 3.05) is 38.2 Å². The topological polar surface area (TPSA) is 75.9 Å². The third kappa shape index (κ3) is 3.85. The third-order valence-electron chi connectivity index (χ3n) is 6.14. The Hall–Kier alpha value is -2.86. The number of anilines is 1. The average molecular weight is 393 g/mol. The summed E-state index contributed by atoms with van der Waals surface area (Å²) in [6.45, 7) is 2.29. The zero-order valence-corrected chi connectivity index (χ0v) is 16.7. The van der Waals surface area contributed by atoms with Gasteiger partial charge in [0, 0.05) is 37.7 Å². The van der Waals surface area contributed by atoms with Crippen molar-refractivity contribution in [1.29, 1.82) is 0 Å². The number of nitrogens with two attached hydrogens (primary N) is 1. The molecule has 6 heteroatoms. The van der Waals surface area contributed by atoms with Crippen molar-refractivity contribution in [3.8, 4) is 5.75 Å². The largest absolute Gasteiger partial charge is 0.497 e. The number of nitrogens with zero attached hydrogens (tertiary/aromatic N) is 2. The summed E-state index contributed by atoms with van der Waals surface area (Å²) in [5.74, 6) is 0.979. The minimum atomic E-state index is -0.308. The molecular formula is C23H27N3O3. The number of methoxy groups -OCH3 is 1. The Balaban J connectivity index is 1.45. The number of carbonyl (C=O) groups excluding carboxylic acids is 2. The fourth-order valence-corrected chi connectivity index (χ4v) is 4.51. The van der Waals surface area contributed by atoms with Crippen molar-refractivity contribution in [3.63, 3.8) is 0 Å². The highest BCUT2D eigenvalue weighted by Gasteiger charge is 2.41. The number of likely N-dealkylation sites (tertiary alicyclic amines) is 1. The number of rotatable bonds is 5. The summed E-state index contributed by atoms with van der Waals surface area (Å²) >= 11 is 0. The van der Waals surface area contributed by atoms with Crippen molar-refractivity contribution in [3.05, 3.63) is 60.2 Å². The van der Waals surface area contributed by atoms with E-state index in [-0.39, 0.29) is 36.0 Å². The molecule has 29 heavy (non-hydrogen) atoms. The summed E-state index contributed by atoms with van der Waals surface area (Å²) < 4.78 is 5.18. The lowest BCUT2D eigenvalue weighted by Crippen LogP contribution is -2.36. The van der Waals surface area contributed by atoms with Crippen LogP contribution in [0.4, 0.5) is 5.69 Å². The fraction of sp³-hybridized carbons (Fsp3) is 0.391. The Bertz CT molecular complexity index is 869. The molecule has 0 radical (unpaired) electrons. The molecule has 0 spiro atoms. The van der Waals surface area contributed by atoms with Gasteiger partial charge < -0.3 is 20.3 Å². The molecule has 2 aromatic rings. The van der Waals surface area contributed by atoms with Crippen LogP contribution in [-0.4, -0.2) is 50.0 Å². The smallest absolute Gasteiger partial charge is 0.228 e. The van der Waals surface area contributed by atoms with Crippen LogP contribution in [0.15, 0.2) is 54.6 Å². The maximum Gasteiger partial charge on any atom is 0.228 e. The molecule has 0 aliphatic carbocycles. The van der Waals surface area contributed by atoms with E-state index in [1.54, 1.807) is 12.0 Å². The standard InChI is InChI=1S/C23H27N3O3/c1-29-20-9-7-19(8-10-20)26-14-17(11-22(26)27)23(28)25-13-18(12-24)21(15-25)16-5-3-2-4-6-16/h2-10,17-18,21H,11-15,24H2,1H3/t17?,18-,21+/m1/s1. The molecule has 2 heterocycles. The zero-order valence-electron chi connectivity index (χ0n) is 16.7. The van der Waals surface area contributed by atoms with Crippen LogP contribution >= 0.6 is 0 Å². The minimum Gasteiger partial charge on any atom is -0.497 e. The van der Waals surface area contributed by atoms with Gasteiger partial charge in [0.2, 0.25) is 11.8 Å². The van der Waals surface area contributed by atoms with Gasteiger partial charge in [0.05, 0.1) is 13.0 Å². The number of hydrogen-bond donors (Lipinski definition) is 1. The maximum absolute atomic E-state index is 13.2. The van der Waals surface area contributed by atoms with Gasteiger partial charge in [-0.2, -0.15) is 0 Å². The molecule has 2 N–H and O–H groups in total. The second-order valence-corrected chi connectivity index (χ2v) is 7.86. The van der Waals surface area contributed by atoms with Crippen molar-refractivity contribution >= 4 is 17.5 Å². The van der Waals surface area contributed by atoms with Crippen molar-refractivity contribution in [1.82, 2.24) is 4.90 Å². The van der Waals surface area contributed by atoms with E-state index >= 15 is 0 Å². The highest BCUT2D eigenvalue weighted by Crippen LogP contribution is 2.34. The second-order valence-electron chi connectivity index (χ2n) is 7.86. The second kappa shape index (κ2) is 8.25. The van der Waals surface area contributed by atoms with Crippen LogP contribution in [0.25, 0.3) is 0 Å². The Morgan fingerprint density at radius 3 is 2.45 bits per heavy atom. The molecule has 2 saturated heterocycles. The molecule has 2 fully saturated rings. The first-order valence-corrected chi connectivity index (χ1v) is 10.1. The van der Waals surface area contributed by atoms with E-state index in [0.717, 1.165) is 11.4 Å². The lowest BCUT2D eigenvalue weighted by Gasteiger charge is -2.21. The van der Waals surface area contributed by atoms with E-state index < -0.39 is 0 Å². The number of hydrogen-bond acceptors (Lipinski definition) is 4. The average Bonchev–Trinajstić information content (AvgIpc) is 3.38. The highest BCUT2D eigenvalue weighted by atomic mass is 16.5. The first kappa shape index (κ1) is 19.5. The van der Waals surface area contributed by atoms with Gasteiger partial charge in [0.1, 0.15) is 5.75 Å². The molecule has 0 bridgehead atoms. The van der Waals surface area contributed by atoms with Crippen LogP contribution in [-0.2, 0) is 9.59 Å². The summed E-state index contributed by atoms with van der Waals surface area (Å²) in [5, 5.41) is 0. The summed E-state index contributed by atoms with van der Waals surface area (Å²) in [4.78, 5) is 29.4. The molecule has 2 amide bonds. The zero-order chi connectivity index (χ0) is 20.4. The Morgan fingerprint density at radius 2 is 1.79 bits per heavy atom. The predicted molar refractivity (Wildman–Crippen MR) is 112 cm³/mol. The Morgan fingerprint density at radius 1 is 1.07 bits per heavy atom. The van der Waals surface area contributed by atoms with E-state index in [0.29, 0.717) is 26.2 Å². The monoisotopic (exact) mass is 393 g/mol. The van der Waals surface area contributed by atoms with Gasteiger partial charge in [-0.3, -0.25) is 9.59 Å². The van der Waals surface area contributed by atoms with E-state index in [2.05, 4.69) is 12.1 Å². The molecule has 2 aliphatic rings. The van der Waals surface area contributed by atoms with Gasteiger partial charge in [0.15, 0.2) is 0 Å². The maximum atomic E-state index is 13.2. The molecule has 1 unspecified atom stereocenters. The number of benzene rings is 2. The van der Waals surface area contributed by atoms with Gasteiger partial charge in [-0.25, -0.2) is 0 Å². The fourth-order valence-electron chi connectivity index (χ4n) is 4.51. The lowest BCUT2D eigenvalue weighted by atomic mass is 9.89. The molecule has 2 aliphatic heterocycles. The first-order valence-electron chi connectivity index (χ1n) is 10.1. The highest BCUT2D eigenvalue weighted by molar-refractivity contribution is 6.00. The van der Waals surface area contributed by atoms with E-state index in [1.807, 2.05) is 47.4 Å². The van der Waals surface area contributed by atoms with Crippen LogP contribution in [0, 0.1) is 11.8 Å². The van der Waals surface area contributed by atoms with Crippen LogP contribution < -0.4 is 15.4 Å². The molecule has 6 nitrogen and oxygen atoms in total. The van der Waals surface area contributed by atoms with Crippen molar-refractivity contribution < 1.29 is 14.3 Å². The third-order valence-corrected chi connectivity index (χ3v) is 6.14. The SMILES string of the molecule is COc1ccc(N2CC(C(=O)N3C[C@@H](CN)[C@H](c4ccccc4)C3)CC2=O)cc1. The predicted octanol–water partition coefficient (Wildman–Crippen LogP) is 2.25. The van der Waals surface area contributed by atoms with E-state index in [1.165, 1.54) is 5.56 Å². The van der Waals surface area contributed by atoms with Gasteiger partial charge in [-0.15, -0.1) is 0 Å². The summed E-state index contributed by atoms with van der Waals surface area (Å²) in [6.07, 6.45) is 0.255. The molecule has 3 atom stereocenters. The molecule has 0 saturated carbocycles. The van der Waals surface area contributed by atoms with Crippen LogP contribution in [0.3, 0.4) is 0 Å². The molecule has 152 valence electrons. The molecule has 4 rings (SSSR count). The van der Waals surface area contributed by atoms with Crippen molar-refractivity contribution in [2.45, 2.75) is 12.3 Å². The number of ether oxygens (including phenoxy) is 1. The van der Waals surface area contributed by atoms with E-state index in [9.17, 15) is 9.59 Å². The van der Waals surface area contributed by atoms with Crippen molar-refractivity contribution in [2.24, 2.45) is 17.6 Å². The summed E-state index contributed by atoms with van der Waals surface area (Å²) in [7, 11) is 1.61. The Kier molecular flexibility index (Phi) is 5.53. The normalized spacial score (nSPS) is 24.2. The van der Waals surface area contributed by atoms with Gasteiger partial charge in [-0.05, 0) is 42.3 Å². The van der Waals surface area contributed by atoms with Crippen LogP contribution in [0.1, 0.15) is 17.9 Å². The lowest BCUT2D eigenvalue weighted by molar-refractivity contribution is -0.134. The van der Waals surface area contributed by atoms with E-state index in [4.69, 9.17) is 10.5 Å². The summed E-state index contributed by atoms with van der Waals surface area (Å²) in [5.41, 5.74) is 8.03. The number of amides is 2. The molecule has 0 aromatic heterocycles. The van der Waals surface area contributed by atoms with Gasteiger partial charge >= 0.3 is 0 Å². The van der Waals surface area contributed by atoms with Gasteiger partial charge in [0.25, 0.3) is 0 Å². The van der Waals surface area contributed by atoms with Crippen LogP contribution in [0.5, 0.6) is 5.75 Å². The Labute approximate surface area is 171 Å². The molecule has 2 aromatic carbocycles. The quantitative estimate of drug-likeness (QED) is 0.845. The number of carbonyl (C=O) groups is 2. The summed E-state index contributed by atoms with van der Waals surface area (Å²) in [6, 6.07) is 17.6. The first-order chi connectivity index (χ1) is 14.1. The molecular weight excluding hydrogens is 366 g/mol. The minimum absolute atomic E-state index is 0.0114. The van der Waals surface area contributed by atoms with Crippen LogP contribution in [0.2, 0.25) is 0 Å². The van der Waals surface area contributed by atoms with Gasteiger partial charge in [-0.1, -0.05) is 30.3 Å².